The van der Waals surface area contributed by atoms with Crippen molar-refractivity contribution < 1.29 is 14.3 Å². The Morgan fingerprint density at radius 2 is 1.69 bits per heavy atom. The van der Waals surface area contributed by atoms with E-state index in [2.05, 4.69) is 10.6 Å². The van der Waals surface area contributed by atoms with Crippen LogP contribution in [0.15, 0.2) is 54.6 Å². The van der Waals surface area contributed by atoms with E-state index in [-0.39, 0.29) is 11.9 Å². The van der Waals surface area contributed by atoms with Crippen molar-refractivity contribution in [2.45, 2.75) is 13.3 Å². The molecule has 0 spiro atoms. The van der Waals surface area contributed by atoms with Gasteiger partial charge < -0.3 is 20.3 Å². The number of anilines is 1. The monoisotopic (exact) mass is 355 g/mol. The number of para-hydroxylation sites is 1. The summed E-state index contributed by atoms with van der Waals surface area (Å²) >= 11 is 0. The standard InChI is InChI=1S/C20H25N3O3/c1-16(24)23(14-12-17-8-10-19(26-2)11-9-17)15-13-21-20(25)22-18-6-4-3-5-7-18/h3-11H,12-15H2,1-2H3,(H2,21,22,25). The molecule has 0 unspecified atom stereocenters. The summed E-state index contributed by atoms with van der Waals surface area (Å²) in [6, 6.07) is 16.7. The number of benzene rings is 2. The second kappa shape index (κ2) is 10.1. The lowest BCUT2D eigenvalue weighted by Gasteiger charge is -2.21. The normalized spacial score (nSPS) is 10.1. The van der Waals surface area contributed by atoms with E-state index in [1.807, 2.05) is 54.6 Å². The summed E-state index contributed by atoms with van der Waals surface area (Å²) in [6.45, 7) is 3.00. The highest BCUT2D eigenvalue weighted by Gasteiger charge is 2.09. The lowest BCUT2D eigenvalue weighted by molar-refractivity contribution is -0.128. The van der Waals surface area contributed by atoms with Crippen LogP contribution in [-0.4, -0.2) is 43.6 Å². The second-order valence-electron chi connectivity index (χ2n) is 5.85. The third kappa shape index (κ3) is 6.47. The first kappa shape index (κ1) is 19.3. The lowest BCUT2D eigenvalue weighted by Crippen LogP contribution is -2.39. The van der Waals surface area contributed by atoms with Gasteiger partial charge in [-0.1, -0.05) is 30.3 Å². The number of hydrogen-bond donors (Lipinski definition) is 2. The number of nitrogens with one attached hydrogen (secondary N) is 2. The average molecular weight is 355 g/mol. The van der Waals surface area contributed by atoms with Crippen LogP contribution >= 0.6 is 0 Å². The van der Waals surface area contributed by atoms with E-state index in [0.29, 0.717) is 19.6 Å². The highest BCUT2D eigenvalue weighted by molar-refractivity contribution is 5.89. The van der Waals surface area contributed by atoms with Gasteiger partial charge in [0, 0.05) is 32.2 Å². The van der Waals surface area contributed by atoms with Gasteiger partial charge >= 0.3 is 6.03 Å². The Balaban J connectivity index is 1.75. The molecule has 26 heavy (non-hydrogen) atoms. The Morgan fingerprint density at radius 1 is 1.00 bits per heavy atom. The zero-order valence-corrected chi connectivity index (χ0v) is 15.2. The molecule has 0 aliphatic rings. The Kier molecular flexibility index (Phi) is 7.49. The number of hydrogen-bond acceptors (Lipinski definition) is 3. The van der Waals surface area contributed by atoms with E-state index in [9.17, 15) is 9.59 Å². The summed E-state index contributed by atoms with van der Waals surface area (Å²) in [5.41, 5.74) is 1.86. The van der Waals surface area contributed by atoms with Crippen LogP contribution in [0.2, 0.25) is 0 Å². The molecule has 0 aliphatic carbocycles. The zero-order chi connectivity index (χ0) is 18.8. The first-order chi connectivity index (χ1) is 12.6. The fourth-order valence-electron chi connectivity index (χ4n) is 2.48. The molecule has 2 rings (SSSR count). The van der Waals surface area contributed by atoms with E-state index < -0.39 is 0 Å². The van der Waals surface area contributed by atoms with E-state index >= 15 is 0 Å². The SMILES string of the molecule is COc1ccc(CCN(CCNC(=O)Nc2ccccc2)C(C)=O)cc1. The molecule has 0 aliphatic heterocycles. The molecule has 0 fully saturated rings. The van der Waals surface area contributed by atoms with Gasteiger partial charge in [0.1, 0.15) is 5.75 Å². The predicted molar refractivity (Wildman–Crippen MR) is 102 cm³/mol. The maximum absolute atomic E-state index is 11.9. The van der Waals surface area contributed by atoms with Crippen molar-refractivity contribution in [1.82, 2.24) is 10.2 Å². The van der Waals surface area contributed by atoms with Crippen molar-refractivity contribution in [1.29, 1.82) is 0 Å². The van der Waals surface area contributed by atoms with Crippen LogP contribution in [-0.2, 0) is 11.2 Å². The smallest absolute Gasteiger partial charge is 0.319 e. The summed E-state index contributed by atoms with van der Waals surface area (Å²) in [5, 5.41) is 5.52. The largest absolute Gasteiger partial charge is 0.497 e. The van der Waals surface area contributed by atoms with Crippen molar-refractivity contribution in [2.24, 2.45) is 0 Å². The van der Waals surface area contributed by atoms with E-state index in [1.165, 1.54) is 6.92 Å². The Labute approximate surface area is 154 Å². The Bertz CT molecular complexity index is 702. The fraction of sp³-hybridized carbons (Fsp3) is 0.300. The van der Waals surface area contributed by atoms with E-state index in [0.717, 1.165) is 23.4 Å². The molecule has 0 aromatic heterocycles. The number of urea groups is 1. The second-order valence-corrected chi connectivity index (χ2v) is 5.85. The fourth-order valence-corrected chi connectivity index (χ4v) is 2.48. The molecule has 0 atom stereocenters. The highest BCUT2D eigenvalue weighted by atomic mass is 16.5. The van der Waals surface area contributed by atoms with Crippen molar-refractivity contribution in [3.05, 3.63) is 60.2 Å². The maximum Gasteiger partial charge on any atom is 0.319 e. The number of nitrogens with zero attached hydrogens (tertiary/aromatic N) is 1. The Morgan fingerprint density at radius 3 is 2.31 bits per heavy atom. The van der Waals surface area contributed by atoms with Gasteiger partial charge in [0.05, 0.1) is 7.11 Å². The number of carbonyl (C=O) groups is 2. The zero-order valence-electron chi connectivity index (χ0n) is 15.2. The Hall–Kier alpha value is -3.02. The van der Waals surface area contributed by atoms with Crippen molar-refractivity contribution in [2.75, 3.05) is 32.1 Å². The molecule has 0 radical (unpaired) electrons. The van der Waals surface area contributed by atoms with Crippen LogP contribution in [0.1, 0.15) is 12.5 Å². The summed E-state index contributed by atoms with van der Waals surface area (Å²) in [5.74, 6) is 0.801. The molecule has 2 aromatic carbocycles. The molecule has 6 heteroatoms. The number of methoxy groups -OCH3 is 1. The molecule has 138 valence electrons. The van der Waals surface area contributed by atoms with Crippen LogP contribution in [0.5, 0.6) is 5.75 Å². The number of carbonyl (C=O) groups excluding carboxylic acids is 2. The minimum atomic E-state index is -0.283. The summed E-state index contributed by atoms with van der Waals surface area (Å²) in [6.07, 6.45) is 0.750. The number of amides is 3. The van der Waals surface area contributed by atoms with Crippen LogP contribution < -0.4 is 15.4 Å². The molecule has 0 saturated carbocycles. The van der Waals surface area contributed by atoms with Gasteiger partial charge in [0.2, 0.25) is 5.91 Å². The third-order valence-corrected chi connectivity index (χ3v) is 3.97. The summed E-state index contributed by atoms with van der Waals surface area (Å²) in [7, 11) is 1.63. The lowest BCUT2D eigenvalue weighted by atomic mass is 10.1. The van der Waals surface area contributed by atoms with Crippen molar-refractivity contribution in [3.63, 3.8) is 0 Å². The van der Waals surface area contributed by atoms with Gasteiger partial charge in [-0.25, -0.2) is 4.79 Å². The van der Waals surface area contributed by atoms with Gasteiger partial charge in [-0.3, -0.25) is 4.79 Å². The first-order valence-electron chi connectivity index (χ1n) is 8.57. The minimum Gasteiger partial charge on any atom is -0.497 e. The van der Waals surface area contributed by atoms with Crippen LogP contribution in [0.4, 0.5) is 10.5 Å². The highest BCUT2D eigenvalue weighted by Crippen LogP contribution is 2.12. The molecule has 0 saturated heterocycles. The van der Waals surface area contributed by atoms with Crippen LogP contribution in [0.25, 0.3) is 0 Å². The predicted octanol–water partition coefficient (Wildman–Crippen LogP) is 2.91. The van der Waals surface area contributed by atoms with Crippen molar-refractivity contribution >= 4 is 17.6 Å². The molecule has 2 aromatic rings. The van der Waals surface area contributed by atoms with Gasteiger partial charge in [-0.2, -0.15) is 0 Å². The van der Waals surface area contributed by atoms with E-state index in [1.54, 1.807) is 12.0 Å². The van der Waals surface area contributed by atoms with E-state index in [4.69, 9.17) is 4.74 Å². The molecule has 0 bridgehead atoms. The molecular weight excluding hydrogens is 330 g/mol. The van der Waals surface area contributed by atoms with Gasteiger partial charge in [-0.05, 0) is 36.2 Å². The first-order valence-corrected chi connectivity index (χ1v) is 8.57. The van der Waals surface area contributed by atoms with Gasteiger partial charge in [0.15, 0.2) is 0 Å². The molecule has 6 nitrogen and oxygen atoms in total. The molecule has 2 N–H and O–H groups in total. The summed E-state index contributed by atoms with van der Waals surface area (Å²) in [4.78, 5) is 25.4. The average Bonchev–Trinajstić information content (AvgIpc) is 2.65. The topological polar surface area (TPSA) is 70.7 Å². The minimum absolute atomic E-state index is 0.0104. The number of rotatable bonds is 8. The molecular formula is C20H25N3O3. The number of ether oxygens (including phenoxy) is 1. The molecule has 0 heterocycles. The van der Waals surface area contributed by atoms with Crippen LogP contribution in [0.3, 0.4) is 0 Å². The van der Waals surface area contributed by atoms with Gasteiger partial charge in [-0.15, -0.1) is 0 Å². The van der Waals surface area contributed by atoms with Crippen LogP contribution in [0, 0.1) is 0 Å². The molecule has 3 amide bonds. The summed E-state index contributed by atoms with van der Waals surface area (Å²) < 4.78 is 5.14. The van der Waals surface area contributed by atoms with Crippen molar-refractivity contribution in [3.8, 4) is 5.75 Å². The quantitative estimate of drug-likeness (QED) is 0.765. The maximum atomic E-state index is 11.9. The third-order valence-electron chi connectivity index (χ3n) is 3.97. The van der Waals surface area contributed by atoms with Gasteiger partial charge in [0.25, 0.3) is 0 Å².